The number of nitrogens with zero attached hydrogens (tertiary/aromatic N) is 3. The number of hydrogen-bond donors (Lipinski definition) is 1. The molecule has 1 aliphatic rings. The molecule has 0 saturated carbocycles. The van der Waals surface area contributed by atoms with Gasteiger partial charge in [-0.3, -0.25) is 4.90 Å². The molecule has 0 aromatic carbocycles. The highest BCUT2D eigenvalue weighted by Crippen LogP contribution is 2.26. The summed E-state index contributed by atoms with van der Waals surface area (Å²) in [6.45, 7) is 4.98. The smallest absolute Gasteiger partial charge is 0.352 e. The normalized spacial score (nSPS) is 17.2. The van der Waals surface area contributed by atoms with E-state index in [0.717, 1.165) is 37.5 Å². The first-order valence-corrected chi connectivity index (χ1v) is 7.99. The van der Waals surface area contributed by atoms with Gasteiger partial charge in [0.15, 0.2) is 0 Å². The second-order valence-corrected chi connectivity index (χ2v) is 6.78. The number of carboxylic acids is 1. The Bertz CT molecular complexity index is 626. The summed E-state index contributed by atoms with van der Waals surface area (Å²) in [4.78, 5) is 19.2. The number of aromatic nitrogens is 2. The van der Waals surface area contributed by atoms with Crippen molar-refractivity contribution in [3.63, 3.8) is 0 Å². The van der Waals surface area contributed by atoms with E-state index in [-0.39, 0.29) is 0 Å². The van der Waals surface area contributed by atoms with Crippen LogP contribution in [0.15, 0.2) is 24.5 Å². The quantitative estimate of drug-likeness (QED) is 0.943. The molecular weight excluding hydrogens is 286 g/mol. The molecule has 0 atom stereocenters. The van der Waals surface area contributed by atoms with E-state index in [1.54, 1.807) is 17.4 Å². The lowest BCUT2D eigenvalue weighted by atomic mass is 10.0. The molecule has 1 fully saturated rings. The zero-order valence-electron chi connectivity index (χ0n) is 12.0. The van der Waals surface area contributed by atoms with Crippen LogP contribution >= 0.6 is 11.3 Å². The molecule has 6 heteroatoms. The van der Waals surface area contributed by atoms with Gasteiger partial charge in [-0.1, -0.05) is 0 Å². The molecule has 0 unspecified atom stereocenters. The molecule has 3 heterocycles. The number of aromatic carboxylic acids is 1. The van der Waals surface area contributed by atoms with Crippen LogP contribution in [-0.4, -0.2) is 38.6 Å². The molecule has 21 heavy (non-hydrogen) atoms. The minimum absolute atomic E-state index is 0.297. The first-order valence-electron chi connectivity index (χ1n) is 7.17. The fraction of sp³-hybridized carbons (Fsp3) is 0.467. The number of thiazole rings is 1. The van der Waals surface area contributed by atoms with Crippen LogP contribution in [0.5, 0.6) is 0 Å². The van der Waals surface area contributed by atoms with Gasteiger partial charge in [-0.15, -0.1) is 11.3 Å². The standard InChI is InChI=1S/C15H19N3O2S/c1-11-16-9-13(21-11)10-17-7-4-12(5-8-17)18-6-2-3-14(18)15(19)20/h2-3,6,9,12H,4-5,7-8,10H2,1H3,(H,19,20). The third-order valence-electron chi connectivity index (χ3n) is 4.00. The molecule has 5 nitrogen and oxygen atoms in total. The van der Waals surface area contributed by atoms with E-state index in [1.165, 1.54) is 4.88 Å². The first-order chi connectivity index (χ1) is 10.1. The fourth-order valence-corrected chi connectivity index (χ4v) is 3.79. The van der Waals surface area contributed by atoms with Gasteiger partial charge in [0.2, 0.25) is 0 Å². The van der Waals surface area contributed by atoms with Gasteiger partial charge in [0.05, 0.1) is 5.01 Å². The maximum atomic E-state index is 11.2. The van der Waals surface area contributed by atoms with E-state index in [9.17, 15) is 9.90 Å². The predicted octanol–water partition coefficient (Wildman–Crippen LogP) is 2.79. The van der Waals surface area contributed by atoms with Crippen molar-refractivity contribution in [2.24, 2.45) is 0 Å². The summed E-state index contributed by atoms with van der Waals surface area (Å²) in [7, 11) is 0. The highest BCUT2D eigenvalue weighted by atomic mass is 32.1. The van der Waals surface area contributed by atoms with Crippen molar-refractivity contribution in [1.29, 1.82) is 0 Å². The number of hydrogen-bond acceptors (Lipinski definition) is 4. The van der Waals surface area contributed by atoms with E-state index >= 15 is 0 Å². The van der Waals surface area contributed by atoms with Gasteiger partial charge >= 0.3 is 5.97 Å². The lowest BCUT2D eigenvalue weighted by molar-refractivity contribution is 0.0678. The van der Waals surface area contributed by atoms with Crippen molar-refractivity contribution in [2.45, 2.75) is 32.4 Å². The number of carbonyl (C=O) groups is 1. The zero-order chi connectivity index (χ0) is 14.8. The molecule has 3 rings (SSSR count). The molecule has 0 radical (unpaired) electrons. The predicted molar refractivity (Wildman–Crippen MR) is 81.8 cm³/mol. The fourth-order valence-electron chi connectivity index (χ4n) is 2.95. The van der Waals surface area contributed by atoms with Crippen LogP contribution in [0.2, 0.25) is 0 Å². The van der Waals surface area contributed by atoms with Gasteiger partial charge in [0, 0.05) is 42.9 Å². The Balaban J connectivity index is 1.60. The zero-order valence-corrected chi connectivity index (χ0v) is 12.8. The summed E-state index contributed by atoms with van der Waals surface area (Å²) in [6, 6.07) is 3.79. The lowest BCUT2D eigenvalue weighted by Crippen LogP contribution is -2.34. The second kappa shape index (κ2) is 5.99. The minimum Gasteiger partial charge on any atom is -0.477 e. The number of likely N-dealkylation sites (tertiary alicyclic amines) is 1. The average Bonchev–Trinajstić information content (AvgIpc) is 3.09. The van der Waals surface area contributed by atoms with Gasteiger partial charge < -0.3 is 9.67 Å². The Morgan fingerprint density at radius 3 is 2.86 bits per heavy atom. The van der Waals surface area contributed by atoms with Crippen LogP contribution < -0.4 is 0 Å². The van der Waals surface area contributed by atoms with Gasteiger partial charge in [0.25, 0.3) is 0 Å². The molecule has 1 saturated heterocycles. The Morgan fingerprint density at radius 1 is 1.48 bits per heavy atom. The van der Waals surface area contributed by atoms with Crippen molar-refractivity contribution in [3.8, 4) is 0 Å². The van der Waals surface area contributed by atoms with Crippen molar-refractivity contribution >= 4 is 17.3 Å². The highest BCUT2D eigenvalue weighted by molar-refractivity contribution is 7.11. The lowest BCUT2D eigenvalue weighted by Gasteiger charge is -2.32. The molecule has 0 aliphatic carbocycles. The summed E-state index contributed by atoms with van der Waals surface area (Å²) in [5, 5.41) is 10.3. The Labute approximate surface area is 127 Å². The molecule has 2 aromatic rings. The van der Waals surface area contributed by atoms with Crippen LogP contribution in [0.1, 0.15) is 39.3 Å². The number of rotatable bonds is 4. The largest absolute Gasteiger partial charge is 0.477 e. The van der Waals surface area contributed by atoms with Crippen LogP contribution in [-0.2, 0) is 6.54 Å². The molecule has 112 valence electrons. The average molecular weight is 305 g/mol. The number of aryl methyl sites for hydroxylation is 1. The summed E-state index contributed by atoms with van der Waals surface area (Å²) >= 11 is 1.75. The third-order valence-corrected chi connectivity index (χ3v) is 4.89. The van der Waals surface area contributed by atoms with Crippen molar-refractivity contribution in [2.75, 3.05) is 13.1 Å². The van der Waals surface area contributed by atoms with E-state index in [2.05, 4.69) is 9.88 Å². The van der Waals surface area contributed by atoms with Crippen LogP contribution in [0.4, 0.5) is 0 Å². The Morgan fingerprint density at radius 2 is 2.24 bits per heavy atom. The molecule has 2 aromatic heterocycles. The van der Waals surface area contributed by atoms with Crippen molar-refractivity contribution < 1.29 is 9.90 Å². The first kappa shape index (κ1) is 14.3. The molecule has 0 bridgehead atoms. The summed E-state index contributed by atoms with van der Waals surface area (Å²) < 4.78 is 1.91. The Hall–Kier alpha value is -1.66. The van der Waals surface area contributed by atoms with E-state index in [4.69, 9.17) is 0 Å². The SMILES string of the molecule is Cc1ncc(CN2CCC(n3cccc3C(=O)O)CC2)s1. The molecule has 0 amide bonds. The summed E-state index contributed by atoms with van der Waals surface area (Å²) in [5.74, 6) is -0.845. The number of piperidine rings is 1. The topological polar surface area (TPSA) is 58.4 Å². The Kier molecular flexibility index (Phi) is 4.07. The van der Waals surface area contributed by atoms with E-state index < -0.39 is 5.97 Å². The molecule has 1 N–H and O–H groups in total. The van der Waals surface area contributed by atoms with E-state index in [0.29, 0.717) is 11.7 Å². The van der Waals surface area contributed by atoms with Crippen LogP contribution in [0.3, 0.4) is 0 Å². The minimum atomic E-state index is -0.845. The van der Waals surface area contributed by atoms with Gasteiger partial charge in [-0.25, -0.2) is 9.78 Å². The second-order valence-electron chi connectivity index (χ2n) is 5.46. The third kappa shape index (κ3) is 3.16. The van der Waals surface area contributed by atoms with Crippen molar-refractivity contribution in [1.82, 2.24) is 14.5 Å². The van der Waals surface area contributed by atoms with Crippen LogP contribution in [0, 0.1) is 6.92 Å². The molecule has 1 aliphatic heterocycles. The van der Waals surface area contributed by atoms with E-state index in [1.807, 2.05) is 30.0 Å². The molecule has 0 spiro atoms. The van der Waals surface area contributed by atoms with Gasteiger partial charge in [-0.05, 0) is 31.9 Å². The monoisotopic (exact) mass is 305 g/mol. The number of carboxylic acid groups (broad SMARTS) is 1. The molecular formula is C15H19N3O2S. The maximum Gasteiger partial charge on any atom is 0.352 e. The van der Waals surface area contributed by atoms with Gasteiger partial charge in [0.1, 0.15) is 5.69 Å². The van der Waals surface area contributed by atoms with Crippen LogP contribution in [0.25, 0.3) is 0 Å². The summed E-state index contributed by atoms with van der Waals surface area (Å²) in [6.07, 6.45) is 5.83. The maximum absolute atomic E-state index is 11.2. The van der Waals surface area contributed by atoms with Gasteiger partial charge in [-0.2, -0.15) is 0 Å². The highest BCUT2D eigenvalue weighted by Gasteiger charge is 2.23. The van der Waals surface area contributed by atoms with Crippen molar-refractivity contribution in [3.05, 3.63) is 40.1 Å². The summed E-state index contributed by atoms with van der Waals surface area (Å²) in [5.41, 5.74) is 0.395.